The van der Waals surface area contributed by atoms with Crippen molar-refractivity contribution in [3.63, 3.8) is 0 Å². The summed E-state index contributed by atoms with van der Waals surface area (Å²) in [6.07, 6.45) is -1.61. The standard InChI is InChI=1S/C14H21F3N4/c1-4-10-7-6-9(3)21(10)12-8-11(14(15,16)17)19-13(20-12)18-5-2/h8-10H,4-7H2,1-3H3,(H,18,19,20). The van der Waals surface area contributed by atoms with Crippen LogP contribution in [-0.2, 0) is 6.18 Å². The summed E-state index contributed by atoms with van der Waals surface area (Å²) in [6.45, 7) is 6.36. The molecule has 4 nitrogen and oxygen atoms in total. The molecule has 0 amide bonds. The molecule has 1 aromatic heterocycles. The van der Waals surface area contributed by atoms with Gasteiger partial charge in [0.15, 0.2) is 5.69 Å². The van der Waals surface area contributed by atoms with E-state index in [1.54, 1.807) is 6.92 Å². The average Bonchev–Trinajstić information content (AvgIpc) is 2.79. The first-order valence-corrected chi connectivity index (χ1v) is 7.35. The molecule has 1 saturated heterocycles. The molecule has 0 spiro atoms. The fourth-order valence-electron chi connectivity index (χ4n) is 2.83. The van der Waals surface area contributed by atoms with Gasteiger partial charge < -0.3 is 10.2 Å². The summed E-state index contributed by atoms with van der Waals surface area (Å²) >= 11 is 0. The van der Waals surface area contributed by atoms with Gasteiger partial charge in [0.05, 0.1) is 0 Å². The first-order valence-electron chi connectivity index (χ1n) is 7.35. The predicted octanol–water partition coefficient (Wildman–Crippen LogP) is 3.69. The van der Waals surface area contributed by atoms with Gasteiger partial charge in [0, 0.05) is 24.7 Å². The smallest absolute Gasteiger partial charge is 0.354 e. The van der Waals surface area contributed by atoms with Crippen LogP contribution >= 0.6 is 0 Å². The van der Waals surface area contributed by atoms with Crippen molar-refractivity contribution in [2.45, 2.75) is 58.3 Å². The van der Waals surface area contributed by atoms with Crippen LogP contribution in [0.15, 0.2) is 6.07 Å². The summed E-state index contributed by atoms with van der Waals surface area (Å²) in [4.78, 5) is 9.84. The Morgan fingerprint density at radius 3 is 2.57 bits per heavy atom. The Bertz CT molecular complexity index is 490. The normalized spacial score (nSPS) is 22.7. The number of nitrogens with one attached hydrogen (secondary N) is 1. The van der Waals surface area contributed by atoms with Gasteiger partial charge in [-0.15, -0.1) is 0 Å². The Labute approximate surface area is 122 Å². The van der Waals surface area contributed by atoms with Gasteiger partial charge in [-0.05, 0) is 33.1 Å². The fourth-order valence-corrected chi connectivity index (χ4v) is 2.83. The summed E-state index contributed by atoms with van der Waals surface area (Å²) in [5.41, 5.74) is -0.891. The van der Waals surface area contributed by atoms with E-state index < -0.39 is 11.9 Å². The molecule has 2 rings (SSSR count). The predicted molar refractivity (Wildman–Crippen MR) is 76.5 cm³/mol. The van der Waals surface area contributed by atoms with Crippen molar-refractivity contribution in [1.82, 2.24) is 9.97 Å². The molecular weight excluding hydrogens is 281 g/mol. The summed E-state index contributed by atoms with van der Waals surface area (Å²) < 4.78 is 39.0. The van der Waals surface area contributed by atoms with E-state index in [-0.39, 0.29) is 18.0 Å². The van der Waals surface area contributed by atoms with Gasteiger partial charge in [0.25, 0.3) is 0 Å². The summed E-state index contributed by atoms with van der Waals surface area (Å²) in [5.74, 6) is 0.404. The minimum Gasteiger partial charge on any atom is -0.354 e. The number of hydrogen-bond donors (Lipinski definition) is 1. The molecule has 2 atom stereocenters. The molecule has 1 fully saturated rings. The average molecular weight is 302 g/mol. The van der Waals surface area contributed by atoms with Crippen LogP contribution in [0.3, 0.4) is 0 Å². The molecule has 21 heavy (non-hydrogen) atoms. The molecule has 1 aliphatic rings. The summed E-state index contributed by atoms with van der Waals surface area (Å²) in [6, 6.07) is 1.50. The molecule has 0 bridgehead atoms. The zero-order valence-electron chi connectivity index (χ0n) is 12.5. The topological polar surface area (TPSA) is 41.1 Å². The molecule has 0 radical (unpaired) electrons. The number of aromatic nitrogens is 2. The third kappa shape index (κ3) is 3.39. The minimum absolute atomic E-state index is 0.0382. The lowest BCUT2D eigenvalue weighted by atomic mass is 10.1. The zero-order chi connectivity index (χ0) is 15.6. The lowest BCUT2D eigenvalue weighted by molar-refractivity contribution is -0.141. The number of anilines is 2. The Kier molecular flexibility index (Phi) is 4.58. The van der Waals surface area contributed by atoms with Crippen molar-refractivity contribution >= 4 is 11.8 Å². The van der Waals surface area contributed by atoms with E-state index in [1.807, 2.05) is 18.7 Å². The van der Waals surface area contributed by atoms with Crippen LogP contribution in [0, 0.1) is 0 Å². The number of hydrogen-bond acceptors (Lipinski definition) is 4. The van der Waals surface area contributed by atoms with Crippen LogP contribution in [0.25, 0.3) is 0 Å². The van der Waals surface area contributed by atoms with Gasteiger partial charge in [0.1, 0.15) is 5.82 Å². The number of rotatable bonds is 4. The molecule has 118 valence electrons. The second-order valence-corrected chi connectivity index (χ2v) is 5.36. The maximum absolute atomic E-state index is 13.0. The Hall–Kier alpha value is -1.53. The molecule has 0 aliphatic carbocycles. The molecule has 0 saturated carbocycles. The Balaban J connectivity index is 2.44. The third-order valence-corrected chi connectivity index (χ3v) is 3.86. The van der Waals surface area contributed by atoms with Crippen LogP contribution in [0.5, 0.6) is 0 Å². The van der Waals surface area contributed by atoms with Gasteiger partial charge in [-0.3, -0.25) is 0 Å². The molecule has 7 heteroatoms. The van der Waals surface area contributed by atoms with Crippen LogP contribution in [-0.4, -0.2) is 28.6 Å². The van der Waals surface area contributed by atoms with Gasteiger partial charge in [-0.25, -0.2) is 4.98 Å². The fraction of sp³-hybridized carbons (Fsp3) is 0.714. The van der Waals surface area contributed by atoms with Crippen LogP contribution in [0.4, 0.5) is 24.9 Å². The quantitative estimate of drug-likeness (QED) is 0.921. The van der Waals surface area contributed by atoms with Crippen LogP contribution in [0.1, 0.15) is 45.7 Å². The lowest BCUT2D eigenvalue weighted by Gasteiger charge is -2.29. The highest BCUT2D eigenvalue weighted by atomic mass is 19.4. The monoisotopic (exact) mass is 302 g/mol. The first kappa shape index (κ1) is 15.9. The third-order valence-electron chi connectivity index (χ3n) is 3.86. The van der Waals surface area contributed by atoms with Crippen molar-refractivity contribution < 1.29 is 13.2 Å². The highest BCUT2D eigenvalue weighted by Crippen LogP contribution is 2.35. The maximum atomic E-state index is 13.0. The van der Waals surface area contributed by atoms with Crippen molar-refractivity contribution in [1.29, 1.82) is 0 Å². The number of alkyl halides is 3. The highest BCUT2D eigenvalue weighted by Gasteiger charge is 2.36. The highest BCUT2D eigenvalue weighted by molar-refractivity contribution is 5.48. The van der Waals surface area contributed by atoms with Gasteiger partial charge in [-0.2, -0.15) is 18.2 Å². The number of halogens is 3. The van der Waals surface area contributed by atoms with Crippen molar-refractivity contribution in [2.75, 3.05) is 16.8 Å². The van der Waals surface area contributed by atoms with E-state index in [9.17, 15) is 13.2 Å². The van der Waals surface area contributed by atoms with E-state index in [4.69, 9.17) is 0 Å². The summed E-state index contributed by atoms with van der Waals surface area (Å²) in [7, 11) is 0. The van der Waals surface area contributed by atoms with Gasteiger partial charge in [-0.1, -0.05) is 6.92 Å². The molecule has 2 unspecified atom stereocenters. The van der Waals surface area contributed by atoms with Crippen LogP contribution < -0.4 is 10.2 Å². The molecule has 2 heterocycles. The first-order chi connectivity index (χ1) is 9.86. The van der Waals surface area contributed by atoms with E-state index >= 15 is 0 Å². The van der Waals surface area contributed by atoms with Crippen molar-refractivity contribution in [3.8, 4) is 0 Å². The molecule has 1 aliphatic heterocycles. The largest absolute Gasteiger partial charge is 0.433 e. The lowest BCUT2D eigenvalue weighted by Crippen LogP contribution is -2.35. The van der Waals surface area contributed by atoms with E-state index in [2.05, 4.69) is 15.3 Å². The van der Waals surface area contributed by atoms with E-state index in [1.165, 1.54) is 0 Å². The zero-order valence-corrected chi connectivity index (χ0v) is 12.5. The van der Waals surface area contributed by atoms with Crippen LogP contribution in [0.2, 0.25) is 0 Å². The minimum atomic E-state index is -4.47. The Morgan fingerprint density at radius 2 is 2.00 bits per heavy atom. The van der Waals surface area contributed by atoms with Gasteiger partial charge in [0.2, 0.25) is 5.95 Å². The molecular formula is C14H21F3N4. The summed E-state index contributed by atoms with van der Waals surface area (Å²) in [5, 5.41) is 2.78. The molecule has 1 N–H and O–H groups in total. The van der Waals surface area contributed by atoms with Crippen molar-refractivity contribution in [2.24, 2.45) is 0 Å². The molecule has 1 aromatic rings. The maximum Gasteiger partial charge on any atom is 0.433 e. The molecule has 0 aromatic carbocycles. The number of nitrogens with zero attached hydrogens (tertiary/aromatic N) is 3. The SMILES string of the molecule is CCNc1nc(N2C(C)CCC2CC)cc(C(F)(F)F)n1. The Morgan fingerprint density at radius 1 is 1.29 bits per heavy atom. The van der Waals surface area contributed by atoms with E-state index in [0.29, 0.717) is 12.4 Å². The second kappa shape index (κ2) is 6.07. The second-order valence-electron chi connectivity index (χ2n) is 5.36. The van der Waals surface area contributed by atoms with E-state index in [0.717, 1.165) is 25.3 Å². The van der Waals surface area contributed by atoms with Gasteiger partial charge >= 0.3 is 6.18 Å². The van der Waals surface area contributed by atoms with Crippen molar-refractivity contribution in [3.05, 3.63) is 11.8 Å².